The van der Waals surface area contributed by atoms with E-state index in [4.69, 9.17) is 20.1 Å². The predicted molar refractivity (Wildman–Crippen MR) is 79.4 cm³/mol. The van der Waals surface area contributed by atoms with Gasteiger partial charge in [0.05, 0.1) is 0 Å². The zero-order valence-electron chi connectivity index (χ0n) is 12.6. The van der Waals surface area contributed by atoms with Gasteiger partial charge in [-0.25, -0.2) is 14.4 Å². The molecular formula is C15H16O9. The minimum absolute atomic E-state index is 0.0824. The molecule has 0 amide bonds. The van der Waals surface area contributed by atoms with E-state index in [0.29, 0.717) is 5.56 Å². The van der Waals surface area contributed by atoms with Crippen molar-refractivity contribution in [3.8, 4) is 11.5 Å². The molecule has 130 valence electrons. The predicted octanol–water partition coefficient (Wildman–Crippen LogP) is 0.597. The molecule has 1 aromatic carbocycles. The molecule has 1 aromatic rings. The van der Waals surface area contributed by atoms with E-state index >= 15 is 0 Å². The molecule has 0 bridgehead atoms. The summed E-state index contributed by atoms with van der Waals surface area (Å²) < 4.78 is 9.40. The van der Waals surface area contributed by atoms with Gasteiger partial charge in [0.25, 0.3) is 0 Å². The SMILES string of the molecule is CCOC(C(=O)O)C(OC(=O)C=Cc1ccc(O)c(O)c1)C(=O)O. The van der Waals surface area contributed by atoms with E-state index in [-0.39, 0.29) is 12.4 Å². The molecule has 0 saturated heterocycles. The van der Waals surface area contributed by atoms with Crippen molar-refractivity contribution < 1.29 is 44.3 Å². The number of phenolic OH excluding ortho intramolecular Hbond substituents is 2. The maximum Gasteiger partial charge on any atom is 0.348 e. The summed E-state index contributed by atoms with van der Waals surface area (Å²) in [5.41, 5.74) is 0.328. The van der Waals surface area contributed by atoms with E-state index in [1.807, 2.05) is 0 Å². The summed E-state index contributed by atoms with van der Waals surface area (Å²) in [7, 11) is 0. The van der Waals surface area contributed by atoms with Crippen LogP contribution in [0.25, 0.3) is 6.08 Å². The van der Waals surface area contributed by atoms with Crippen LogP contribution < -0.4 is 0 Å². The number of rotatable bonds is 8. The minimum atomic E-state index is -2.02. The Morgan fingerprint density at radius 1 is 1.08 bits per heavy atom. The lowest BCUT2D eigenvalue weighted by Gasteiger charge is -2.19. The summed E-state index contributed by atoms with van der Waals surface area (Å²) >= 11 is 0. The van der Waals surface area contributed by atoms with E-state index in [1.165, 1.54) is 25.1 Å². The summed E-state index contributed by atoms with van der Waals surface area (Å²) in [5.74, 6) is -5.11. The molecule has 0 aliphatic rings. The van der Waals surface area contributed by atoms with Crippen LogP contribution in [0.1, 0.15) is 12.5 Å². The second-order valence-corrected chi connectivity index (χ2v) is 4.49. The quantitative estimate of drug-likeness (QED) is 0.303. The smallest absolute Gasteiger partial charge is 0.348 e. The zero-order chi connectivity index (χ0) is 18.3. The summed E-state index contributed by atoms with van der Waals surface area (Å²) in [6.07, 6.45) is -1.82. The third kappa shape index (κ3) is 5.29. The Labute approximate surface area is 136 Å². The minimum Gasteiger partial charge on any atom is -0.504 e. The van der Waals surface area contributed by atoms with Crippen LogP contribution >= 0.6 is 0 Å². The highest BCUT2D eigenvalue weighted by Crippen LogP contribution is 2.25. The molecule has 0 spiro atoms. The van der Waals surface area contributed by atoms with Crippen LogP contribution in [0.15, 0.2) is 24.3 Å². The average Bonchev–Trinajstić information content (AvgIpc) is 2.51. The second kappa shape index (κ2) is 8.53. The Hall–Kier alpha value is -3.07. The molecule has 9 nitrogen and oxygen atoms in total. The number of phenols is 2. The number of carboxylic acid groups (broad SMARTS) is 2. The molecule has 9 heteroatoms. The summed E-state index contributed by atoms with van der Waals surface area (Å²) in [6.45, 7) is 1.38. The number of carbonyl (C=O) groups is 3. The van der Waals surface area contributed by atoms with E-state index < -0.39 is 35.9 Å². The fourth-order valence-electron chi connectivity index (χ4n) is 1.68. The first-order valence-electron chi connectivity index (χ1n) is 6.74. The first-order valence-corrected chi connectivity index (χ1v) is 6.74. The standard InChI is InChI=1S/C15H16O9/c1-2-23-12(14(19)20)13(15(21)22)24-11(18)6-4-8-3-5-9(16)10(17)7-8/h3-7,12-13,16-17H,2H2,1H3,(H,19,20)(H,21,22). The monoisotopic (exact) mass is 340 g/mol. The first-order chi connectivity index (χ1) is 11.3. The number of benzene rings is 1. The largest absolute Gasteiger partial charge is 0.504 e. The van der Waals surface area contributed by atoms with E-state index in [1.54, 1.807) is 0 Å². The molecule has 0 aromatic heterocycles. The van der Waals surface area contributed by atoms with Gasteiger partial charge in [0.2, 0.25) is 12.2 Å². The molecule has 0 saturated carbocycles. The lowest BCUT2D eigenvalue weighted by molar-refractivity contribution is -0.180. The Kier molecular flexibility index (Phi) is 6.75. The maximum atomic E-state index is 11.7. The molecule has 0 aliphatic heterocycles. The summed E-state index contributed by atoms with van der Waals surface area (Å²) in [4.78, 5) is 33.8. The Bertz CT molecular complexity index is 650. The van der Waals surface area contributed by atoms with Gasteiger partial charge in [-0.1, -0.05) is 6.07 Å². The lowest BCUT2D eigenvalue weighted by atomic mass is 10.2. The molecule has 2 atom stereocenters. The number of hydrogen-bond acceptors (Lipinski definition) is 7. The van der Waals surface area contributed by atoms with Gasteiger partial charge >= 0.3 is 17.9 Å². The van der Waals surface area contributed by atoms with Gasteiger partial charge in [-0.2, -0.15) is 0 Å². The molecule has 4 N–H and O–H groups in total. The van der Waals surface area contributed by atoms with Crippen molar-refractivity contribution in [3.63, 3.8) is 0 Å². The number of hydrogen-bond donors (Lipinski definition) is 4. The Balaban J connectivity index is 2.84. The van der Waals surface area contributed by atoms with Gasteiger partial charge in [0.1, 0.15) is 0 Å². The lowest BCUT2D eigenvalue weighted by Crippen LogP contribution is -2.44. The topological polar surface area (TPSA) is 151 Å². The third-order valence-electron chi connectivity index (χ3n) is 2.76. The summed E-state index contributed by atoms with van der Waals surface area (Å²) in [5, 5.41) is 36.4. The number of esters is 1. The number of aromatic hydroxyl groups is 2. The normalized spacial score (nSPS) is 13.4. The second-order valence-electron chi connectivity index (χ2n) is 4.49. The third-order valence-corrected chi connectivity index (χ3v) is 2.76. The molecule has 24 heavy (non-hydrogen) atoms. The van der Waals surface area contributed by atoms with Crippen LogP contribution in [0, 0.1) is 0 Å². The Morgan fingerprint density at radius 2 is 1.71 bits per heavy atom. The van der Waals surface area contributed by atoms with E-state index in [0.717, 1.165) is 12.1 Å². The van der Waals surface area contributed by atoms with Gasteiger partial charge in [-0.05, 0) is 30.7 Å². The van der Waals surface area contributed by atoms with Crippen molar-refractivity contribution in [1.82, 2.24) is 0 Å². The summed E-state index contributed by atoms with van der Waals surface area (Å²) in [6, 6.07) is 3.73. The van der Waals surface area contributed by atoms with Gasteiger partial charge in [-0.15, -0.1) is 0 Å². The van der Waals surface area contributed by atoms with Gasteiger partial charge < -0.3 is 29.9 Å². The Morgan fingerprint density at radius 3 is 2.21 bits per heavy atom. The maximum absolute atomic E-state index is 11.7. The van der Waals surface area contributed by atoms with Crippen LogP contribution in [0.3, 0.4) is 0 Å². The van der Waals surface area contributed by atoms with E-state index in [2.05, 4.69) is 4.74 Å². The van der Waals surface area contributed by atoms with E-state index in [9.17, 15) is 19.5 Å². The van der Waals surface area contributed by atoms with Crippen LogP contribution in [0.4, 0.5) is 0 Å². The molecular weight excluding hydrogens is 324 g/mol. The van der Waals surface area contributed by atoms with Gasteiger partial charge in [0.15, 0.2) is 11.5 Å². The highest BCUT2D eigenvalue weighted by molar-refractivity contribution is 5.91. The van der Waals surface area contributed by atoms with Crippen LogP contribution in [0.5, 0.6) is 11.5 Å². The fraction of sp³-hybridized carbons (Fsp3) is 0.267. The highest BCUT2D eigenvalue weighted by Gasteiger charge is 2.37. The van der Waals surface area contributed by atoms with Crippen LogP contribution in [-0.2, 0) is 23.9 Å². The van der Waals surface area contributed by atoms with Gasteiger partial charge in [-0.3, -0.25) is 0 Å². The first kappa shape index (κ1) is 19.0. The molecule has 2 unspecified atom stereocenters. The van der Waals surface area contributed by atoms with Crippen molar-refractivity contribution in [1.29, 1.82) is 0 Å². The fourth-order valence-corrected chi connectivity index (χ4v) is 1.68. The highest BCUT2D eigenvalue weighted by atomic mass is 16.6. The number of ether oxygens (including phenoxy) is 2. The van der Waals surface area contributed by atoms with Crippen LogP contribution in [0.2, 0.25) is 0 Å². The number of carboxylic acids is 2. The van der Waals surface area contributed by atoms with Crippen molar-refractivity contribution in [2.75, 3.05) is 6.61 Å². The molecule has 1 rings (SSSR count). The number of aliphatic carboxylic acids is 2. The van der Waals surface area contributed by atoms with Crippen LogP contribution in [-0.4, -0.2) is 57.1 Å². The van der Waals surface area contributed by atoms with Crippen molar-refractivity contribution in [3.05, 3.63) is 29.8 Å². The zero-order valence-corrected chi connectivity index (χ0v) is 12.6. The average molecular weight is 340 g/mol. The van der Waals surface area contributed by atoms with Crippen molar-refractivity contribution in [2.45, 2.75) is 19.1 Å². The molecule has 0 radical (unpaired) electrons. The van der Waals surface area contributed by atoms with Crippen molar-refractivity contribution >= 4 is 24.0 Å². The number of carbonyl (C=O) groups excluding carboxylic acids is 1. The van der Waals surface area contributed by atoms with Gasteiger partial charge in [0, 0.05) is 12.7 Å². The van der Waals surface area contributed by atoms with Crippen molar-refractivity contribution in [2.24, 2.45) is 0 Å². The molecule has 0 aliphatic carbocycles. The molecule has 0 fully saturated rings. The molecule has 0 heterocycles.